The van der Waals surface area contributed by atoms with E-state index >= 15 is 0 Å². The Hall–Kier alpha value is -1.32. The Kier molecular flexibility index (Phi) is 3.82. The Morgan fingerprint density at radius 2 is 2.41 bits per heavy atom. The van der Waals surface area contributed by atoms with E-state index in [4.69, 9.17) is 4.52 Å². The number of rotatable bonds is 3. The molecule has 0 spiro atoms. The SMILES string of the molecule is CCCc1cc(C(=O)N2CCCC[C@@H]2C)no1. The van der Waals surface area contributed by atoms with Gasteiger partial charge in [0.15, 0.2) is 5.69 Å². The summed E-state index contributed by atoms with van der Waals surface area (Å²) in [5.74, 6) is 0.823. The number of carbonyl (C=O) groups is 1. The summed E-state index contributed by atoms with van der Waals surface area (Å²) in [5, 5.41) is 3.88. The van der Waals surface area contributed by atoms with E-state index in [9.17, 15) is 4.79 Å². The van der Waals surface area contributed by atoms with Crippen LogP contribution in [0.5, 0.6) is 0 Å². The third-order valence-electron chi connectivity index (χ3n) is 3.34. The Labute approximate surface area is 102 Å². The standard InChI is InChI=1S/C13H20N2O2/c1-3-6-11-9-12(14-17-11)13(16)15-8-5-4-7-10(15)2/h9-10H,3-8H2,1-2H3/t10-/m0/s1. The zero-order valence-electron chi connectivity index (χ0n) is 10.6. The van der Waals surface area contributed by atoms with Gasteiger partial charge in [-0.1, -0.05) is 12.1 Å². The second kappa shape index (κ2) is 5.34. The third kappa shape index (κ3) is 2.68. The minimum Gasteiger partial charge on any atom is -0.361 e. The van der Waals surface area contributed by atoms with Crippen LogP contribution < -0.4 is 0 Å². The minimum atomic E-state index is 0.0169. The van der Waals surface area contributed by atoms with Crippen molar-refractivity contribution in [1.82, 2.24) is 10.1 Å². The zero-order chi connectivity index (χ0) is 12.3. The van der Waals surface area contributed by atoms with Crippen LogP contribution >= 0.6 is 0 Å². The first-order valence-electron chi connectivity index (χ1n) is 6.49. The molecule has 17 heavy (non-hydrogen) atoms. The molecular weight excluding hydrogens is 216 g/mol. The monoisotopic (exact) mass is 236 g/mol. The van der Waals surface area contributed by atoms with Crippen molar-refractivity contribution in [3.05, 3.63) is 17.5 Å². The third-order valence-corrected chi connectivity index (χ3v) is 3.34. The normalized spacial score (nSPS) is 20.6. The second-order valence-electron chi connectivity index (χ2n) is 4.77. The number of aryl methyl sites for hydroxylation is 1. The van der Waals surface area contributed by atoms with Gasteiger partial charge in [0.2, 0.25) is 0 Å². The second-order valence-corrected chi connectivity index (χ2v) is 4.77. The topological polar surface area (TPSA) is 46.3 Å². The van der Waals surface area contributed by atoms with Gasteiger partial charge >= 0.3 is 0 Å². The van der Waals surface area contributed by atoms with E-state index in [0.29, 0.717) is 11.7 Å². The molecule has 1 aliphatic heterocycles. The molecule has 1 saturated heterocycles. The maximum absolute atomic E-state index is 12.2. The first-order chi connectivity index (χ1) is 8.22. The number of amides is 1. The lowest BCUT2D eigenvalue weighted by Gasteiger charge is -2.32. The molecule has 0 aliphatic carbocycles. The molecule has 0 bridgehead atoms. The van der Waals surface area contributed by atoms with E-state index in [0.717, 1.165) is 38.0 Å². The molecule has 1 aliphatic rings. The summed E-state index contributed by atoms with van der Waals surface area (Å²) in [7, 11) is 0. The molecule has 0 saturated carbocycles. The van der Waals surface area contributed by atoms with Crippen molar-refractivity contribution in [3.8, 4) is 0 Å². The molecule has 1 atom stereocenters. The van der Waals surface area contributed by atoms with E-state index in [1.807, 2.05) is 4.90 Å². The highest BCUT2D eigenvalue weighted by Gasteiger charge is 2.26. The predicted octanol–water partition coefficient (Wildman–Crippen LogP) is 2.64. The van der Waals surface area contributed by atoms with E-state index in [-0.39, 0.29) is 5.91 Å². The molecule has 0 radical (unpaired) electrons. The van der Waals surface area contributed by atoms with Gasteiger partial charge in [0.05, 0.1) is 0 Å². The van der Waals surface area contributed by atoms with Crippen LogP contribution in [0.3, 0.4) is 0 Å². The van der Waals surface area contributed by atoms with Gasteiger partial charge in [0, 0.05) is 25.1 Å². The molecule has 0 unspecified atom stereocenters. The van der Waals surface area contributed by atoms with Gasteiger partial charge in [-0.3, -0.25) is 4.79 Å². The number of aromatic nitrogens is 1. The van der Waals surface area contributed by atoms with E-state index < -0.39 is 0 Å². The highest BCUT2D eigenvalue weighted by Crippen LogP contribution is 2.19. The molecule has 4 nitrogen and oxygen atoms in total. The molecule has 0 N–H and O–H groups in total. The summed E-state index contributed by atoms with van der Waals surface area (Å²) in [4.78, 5) is 14.1. The van der Waals surface area contributed by atoms with Crippen LogP contribution in [0.2, 0.25) is 0 Å². The molecule has 1 fully saturated rings. The van der Waals surface area contributed by atoms with Gasteiger partial charge in [-0.25, -0.2) is 0 Å². The maximum atomic E-state index is 12.2. The molecule has 1 aromatic heterocycles. The average molecular weight is 236 g/mol. The van der Waals surface area contributed by atoms with Crippen molar-refractivity contribution >= 4 is 5.91 Å². The molecular formula is C13H20N2O2. The van der Waals surface area contributed by atoms with Crippen LogP contribution in [0, 0.1) is 0 Å². The molecule has 1 amide bonds. The molecule has 2 heterocycles. The molecule has 94 valence electrons. The van der Waals surface area contributed by atoms with Crippen molar-refractivity contribution in [1.29, 1.82) is 0 Å². The predicted molar refractivity (Wildman–Crippen MR) is 64.8 cm³/mol. The number of hydrogen-bond acceptors (Lipinski definition) is 3. The van der Waals surface area contributed by atoms with Crippen LogP contribution in [0.4, 0.5) is 0 Å². The summed E-state index contributed by atoms with van der Waals surface area (Å²) < 4.78 is 5.15. The molecule has 1 aromatic rings. The lowest BCUT2D eigenvalue weighted by molar-refractivity contribution is 0.0625. The number of hydrogen-bond donors (Lipinski definition) is 0. The van der Waals surface area contributed by atoms with Gasteiger partial charge in [-0.05, 0) is 32.6 Å². The Balaban J connectivity index is 2.07. The van der Waals surface area contributed by atoms with Crippen molar-refractivity contribution in [2.45, 2.75) is 52.0 Å². The van der Waals surface area contributed by atoms with Crippen molar-refractivity contribution in [2.75, 3.05) is 6.54 Å². The van der Waals surface area contributed by atoms with Crippen LogP contribution in [-0.4, -0.2) is 28.6 Å². The van der Waals surface area contributed by atoms with Crippen LogP contribution in [0.15, 0.2) is 10.6 Å². The Morgan fingerprint density at radius 1 is 1.59 bits per heavy atom. The van der Waals surface area contributed by atoms with Crippen LogP contribution in [0.1, 0.15) is 55.8 Å². The lowest BCUT2D eigenvalue weighted by atomic mass is 10.0. The van der Waals surface area contributed by atoms with Crippen molar-refractivity contribution in [3.63, 3.8) is 0 Å². The smallest absolute Gasteiger partial charge is 0.276 e. The molecule has 2 rings (SSSR count). The Morgan fingerprint density at radius 3 is 3.12 bits per heavy atom. The van der Waals surface area contributed by atoms with E-state index in [2.05, 4.69) is 19.0 Å². The summed E-state index contributed by atoms with van der Waals surface area (Å²) in [5.41, 5.74) is 0.460. The fourth-order valence-corrected chi connectivity index (χ4v) is 2.32. The van der Waals surface area contributed by atoms with Gasteiger partial charge in [0.1, 0.15) is 5.76 Å². The highest BCUT2D eigenvalue weighted by atomic mass is 16.5. The quantitative estimate of drug-likeness (QED) is 0.810. The fraction of sp³-hybridized carbons (Fsp3) is 0.692. The van der Waals surface area contributed by atoms with Crippen LogP contribution in [-0.2, 0) is 6.42 Å². The fourth-order valence-electron chi connectivity index (χ4n) is 2.32. The number of likely N-dealkylation sites (tertiary alicyclic amines) is 1. The summed E-state index contributed by atoms with van der Waals surface area (Å²) in [6.07, 6.45) is 5.24. The van der Waals surface area contributed by atoms with Gasteiger partial charge in [-0.2, -0.15) is 0 Å². The molecule has 0 aromatic carbocycles. The van der Waals surface area contributed by atoms with Crippen LogP contribution in [0.25, 0.3) is 0 Å². The summed E-state index contributed by atoms with van der Waals surface area (Å²) in [6.45, 7) is 5.02. The van der Waals surface area contributed by atoms with E-state index in [1.54, 1.807) is 6.07 Å². The van der Waals surface area contributed by atoms with Gasteiger partial charge < -0.3 is 9.42 Å². The number of nitrogens with zero attached hydrogens (tertiary/aromatic N) is 2. The van der Waals surface area contributed by atoms with Gasteiger partial charge in [-0.15, -0.1) is 0 Å². The Bertz CT molecular complexity index is 387. The summed E-state index contributed by atoms with van der Waals surface area (Å²) >= 11 is 0. The highest BCUT2D eigenvalue weighted by molar-refractivity contribution is 5.92. The molecule has 4 heteroatoms. The number of carbonyl (C=O) groups excluding carboxylic acids is 1. The lowest BCUT2D eigenvalue weighted by Crippen LogP contribution is -2.42. The maximum Gasteiger partial charge on any atom is 0.276 e. The van der Waals surface area contributed by atoms with E-state index in [1.165, 1.54) is 6.42 Å². The van der Waals surface area contributed by atoms with Crippen molar-refractivity contribution in [2.24, 2.45) is 0 Å². The first-order valence-corrected chi connectivity index (χ1v) is 6.49. The zero-order valence-corrected chi connectivity index (χ0v) is 10.6. The first kappa shape index (κ1) is 12.1. The largest absolute Gasteiger partial charge is 0.361 e. The van der Waals surface area contributed by atoms with Gasteiger partial charge in [0.25, 0.3) is 5.91 Å². The van der Waals surface area contributed by atoms with Crippen molar-refractivity contribution < 1.29 is 9.32 Å². The number of piperidine rings is 1. The summed E-state index contributed by atoms with van der Waals surface area (Å²) in [6, 6.07) is 2.11. The minimum absolute atomic E-state index is 0.0169. The average Bonchev–Trinajstić information content (AvgIpc) is 2.78.